The van der Waals surface area contributed by atoms with Gasteiger partial charge in [-0.05, 0) is 42.3 Å². The lowest BCUT2D eigenvalue weighted by Crippen LogP contribution is -2.12. The topological polar surface area (TPSA) is 38.3 Å². The van der Waals surface area contributed by atoms with Crippen molar-refractivity contribution in [1.29, 1.82) is 0 Å². The van der Waals surface area contributed by atoms with E-state index in [2.05, 4.69) is 5.32 Å². The summed E-state index contributed by atoms with van der Waals surface area (Å²) in [5, 5.41) is 3.84. The molecule has 2 aromatic carbocycles. The molecule has 0 heterocycles. The van der Waals surface area contributed by atoms with Crippen molar-refractivity contribution in [2.24, 2.45) is 0 Å². The molecule has 0 atom stereocenters. The molecule has 3 nitrogen and oxygen atoms in total. The molecular weight excluding hydrogens is 309 g/mol. The highest BCUT2D eigenvalue weighted by atomic mass is 35.5. The van der Waals surface area contributed by atoms with Crippen LogP contribution in [-0.4, -0.2) is 13.0 Å². The molecule has 0 aliphatic carbocycles. The first kappa shape index (κ1) is 15.7. The summed E-state index contributed by atoms with van der Waals surface area (Å²) >= 11 is 12.0. The second-order valence-corrected chi connectivity index (χ2v) is 5.27. The van der Waals surface area contributed by atoms with Crippen LogP contribution in [0.2, 0.25) is 10.0 Å². The van der Waals surface area contributed by atoms with Crippen LogP contribution in [0.1, 0.15) is 12.0 Å². The SMILES string of the molecule is COc1ccc(NC(=O)CCc2cccc(Cl)c2Cl)cc1. The Morgan fingerprint density at radius 2 is 1.86 bits per heavy atom. The van der Waals surface area contributed by atoms with E-state index in [0.717, 1.165) is 17.0 Å². The maximum atomic E-state index is 11.9. The Morgan fingerprint density at radius 1 is 1.14 bits per heavy atom. The fourth-order valence-electron chi connectivity index (χ4n) is 1.89. The molecule has 0 radical (unpaired) electrons. The number of amides is 1. The smallest absolute Gasteiger partial charge is 0.224 e. The number of ether oxygens (including phenoxy) is 1. The molecule has 21 heavy (non-hydrogen) atoms. The molecular formula is C16H15Cl2NO2. The summed E-state index contributed by atoms with van der Waals surface area (Å²) in [4.78, 5) is 11.9. The highest BCUT2D eigenvalue weighted by Crippen LogP contribution is 2.26. The van der Waals surface area contributed by atoms with E-state index in [4.69, 9.17) is 27.9 Å². The quantitative estimate of drug-likeness (QED) is 0.875. The van der Waals surface area contributed by atoms with E-state index in [1.807, 2.05) is 12.1 Å². The summed E-state index contributed by atoms with van der Waals surface area (Å²) in [6.45, 7) is 0. The van der Waals surface area contributed by atoms with Gasteiger partial charge in [-0.25, -0.2) is 0 Å². The third-order valence-corrected chi connectivity index (χ3v) is 3.88. The van der Waals surface area contributed by atoms with Crippen molar-refractivity contribution >= 4 is 34.8 Å². The number of methoxy groups -OCH3 is 1. The number of hydrogen-bond acceptors (Lipinski definition) is 2. The van der Waals surface area contributed by atoms with Crippen LogP contribution in [0.15, 0.2) is 42.5 Å². The standard InChI is InChI=1S/C16H15Cl2NO2/c1-21-13-8-6-12(7-9-13)19-15(20)10-5-11-3-2-4-14(17)16(11)18/h2-4,6-9H,5,10H2,1H3,(H,19,20). The number of anilines is 1. The number of carbonyl (C=O) groups is 1. The minimum atomic E-state index is -0.0730. The zero-order valence-electron chi connectivity index (χ0n) is 11.5. The Balaban J connectivity index is 1.91. The number of hydrogen-bond donors (Lipinski definition) is 1. The predicted molar refractivity (Wildman–Crippen MR) is 86.4 cm³/mol. The first-order valence-electron chi connectivity index (χ1n) is 6.47. The van der Waals surface area contributed by atoms with Gasteiger partial charge >= 0.3 is 0 Å². The van der Waals surface area contributed by atoms with Gasteiger partial charge in [0.05, 0.1) is 17.2 Å². The molecule has 5 heteroatoms. The van der Waals surface area contributed by atoms with Crippen LogP contribution in [0.25, 0.3) is 0 Å². The van der Waals surface area contributed by atoms with Crippen LogP contribution in [0.5, 0.6) is 5.75 Å². The molecule has 2 aromatic rings. The van der Waals surface area contributed by atoms with Gasteiger partial charge in [-0.15, -0.1) is 0 Å². The third kappa shape index (κ3) is 4.38. The Kier molecular flexibility index (Phi) is 5.48. The van der Waals surface area contributed by atoms with Crippen molar-refractivity contribution in [3.8, 4) is 5.75 Å². The second kappa shape index (κ2) is 7.34. The van der Waals surface area contributed by atoms with E-state index in [1.54, 1.807) is 37.4 Å². The molecule has 0 saturated heterocycles. The van der Waals surface area contributed by atoms with Crippen molar-refractivity contribution in [1.82, 2.24) is 0 Å². The number of aryl methyl sites for hydroxylation is 1. The monoisotopic (exact) mass is 323 g/mol. The van der Waals surface area contributed by atoms with E-state index in [9.17, 15) is 4.79 Å². The Morgan fingerprint density at radius 3 is 2.52 bits per heavy atom. The van der Waals surface area contributed by atoms with Crippen molar-refractivity contribution in [3.63, 3.8) is 0 Å². The van der Waals surface area contributed by atoms with Gasteiger partial charge in [0.2, 0.25) is 5.91 Å². The highest BCUT2D eigenvalue weighted by Gasteiger charge is 2.08. The van der Waals surface area contributed by atoms with Gasteiger partial charge in [-0.1, -0.05) is 35.3 Å². The maximum absolute atomic E-state index is 11.9. The Bertz CT molecular complexity index is 627. The summed E-state index contributed by atoms with van der Waals surface area (Å²) in [5.41, 5.74) is 1.60. The second-order valence-electron chi connectivity index (χ2n) is 4.49. The normalized spacial score (nSPS) is 10.2. The van der Waals surface area contributed by atoms with Crippen molar-refractivity contribution in [3.05, 3.63) is 58.1 Å². The molecule has 0 spiro atoms. The number of nitrogens with one attached hydrogen (secondary N) is 1. The average Bonchev–Trinajstić information content (AvgIpc) is 2.49. The van der Waals surface area contributed by atoms with Gasteiger partial charge in [0.15, 0.2) is 0 Å². The van der Waals surface area contributed by atoms with Gasteiger partial charge in [-0.2, -0.15) is 0 Å². The zero-order chi connectivity index (χ0) is 15.2. The third-order valence-electron chi connectivity index (χ3n) is 3.03. The Hall–Kier alpha value is -1.71. The molecule has 1 N–H and O–H groups in total. The average molecular weight is 324 g/mol. The van der Waals surface area contributed by atoms with Gasteiger partial charge in [0.25, 0.3) is 0 Å². The summed E-state index contributed by atoms with van der Waals surface area (Å²) < 4.78 is 5.06. The number of benzene rings is 2. The zero-order valence-corrected chi connectivity index (χ0v) is 13.0. The number of rotatable bonds is 5. The summed E-state index contributed by atoms with van der Waals surface area (Å²) in [7, 11) is 1.60. The lowest BCUT2D eigenvalue weighted by molar-refractivity contribution is -0.116. The van der Waals surface area contributed by atoms with Gasteiger partial charge < -0.3 is 10.1 Å². The molecule has 110 valence electrons. The molecule has 0 fully saturated rings. The Labute approximate surface area is 133 Å². The largest absolute Gasteiger partial charge is 0.497 e. The minimum Gasteiger partial charge on any atom is -0.497 e. The maximum Gasteiger partial charge on any atom is 0.224 e. The van der Waals surface area contributed by atoms with Crippen LogP contribution in [0.4, 0.5) is 5.69 Å². The summed E-state index contributed by atoms with van der Waals surface area (Å²) in [6.07, 6.45) is 0.882. The van der Waals surface area contributed by atoms with E-state index in [-0.39, 0.29) is 5.91 Å². The van der Waals surface area contributed by atoms with Crippen molar-refractivity contribution in [2.45, 2.75) is 12.8 Å². The first-order chi connectivity index (χ1) is 10.1. The predicted octanol–water partition coefficient (Wildman–Crippen LogP) is 4.57. The fraction of sp³-hybridized carbons (Fsp3) is 0.188. The molecule has 1 amide bonds. The summed E-state index contributed by atoms with van der Waals surface area (Å²) in [5.74, 6) is 0.676. The van der Waals surface area contributed by atoms with E-state index < -0.39 is 0 Å². The molecule has 0 aliphatic heterocycles. The number of halogens is 2. The van der Waals surface area contributed by atoms with Crippen molar-refractivity contribution < 1.29 is 9.53 Å². The molecule has 0 bridgehead atoms. The molecule has 2 rings (SSSR count). The number of carbonyl (C=O) groups excluding carboxylic acids is 1. The minimum absolute atomic E-state index is 0.0730. The molecule has 0 saturated carbocycles. The van der Waals surface area contributed by atoms with Crippen LogP contribution in [0, 0.1) is 0 Å². The van der Waals surface area contributed by atoms with Crippen LogP contribution < -0.4 is 10.1 Å². The molecule has 0 aliphatic rings. The van der Waals surface area contributed by atoms with Crippen LogP contribution >= 0.6 is 23.2 Å². The van der Waals surface area contributed by atoms with Crippen LogP contribution in [0.3, 0.4) is 0 Å². The first-order valence-corrected chi connectivity index (χ1v) is 7.22. The van der Waals surface area contributed by atoms with Crippen molar-refractivity contribution in [2.75, 3.05) is 12.4 Å². The van der Waals surface area contributed by atoms with Crippen LogP contribution in [-0.2, 0) is 11.2 Å². The molecule has 0 unspecified atom stereocenters. The van der Waals surface area contributed by atoms with E-state index in [0.29, 0.717) is 22.9 Å². The summed E-state index contributed by atoms with van der Waals surface area (Å²) in [6, 6.07) is 12.6. The van der Waals surface area contributed by atoms with Gasteiger partial charge in [-0.3, -0.25) is 4.79 Å². The van der Waals surface area contributed by atoms with E-state index in [1.165, 1.54) is 0 Å². The lowest BCUT2D eigenvalue weighted by Gasteiger charge is -2.08. The van der Waals surface area contributed by atoms with E-state index >= 15 is 0 Å². The van der Waals surface area contributed by atoms with Gasteiger partial charge in [0.1, 0.15) is 5.75 Å². The fourth-order valence-corrected chi connectivity index (χ4v) is 2.30. The van der Waals surface area contributed by atoms with Gasteiger partial charge in [0, 0.05) is 12.1 Å². The molecule has 0 aromatic heterocycles. The lowest BCUT2D eigenvalue weighted by atomic mass is 10.1. The highest BCUT2D eigenvalue weighted by molar-refractivity contribution is 6.42.